The van der Waals surface area contributed by atoms with Gasteiger partial charge in [0.25, 0.3) is 0 Å². The van der Waals surface area contributed by atoms with Crippen LogP contribution in [-0.4, -0.2) is 0 Å². The molecule has 0 aliphatic heterocycles. The van der Waals surface area contributed by atoms with Gasteiger partial charge in [0.05, 0.1) is 5.69 Å². The largest absolute Gasteiger partial charge is 0.396 e. The fraction of sp³-hybridized carbons (Fsp3) is 0. The first-order chi connectivity index (χ1) is 10.1. The van der Waals surface area contributed by atoms with Crippen molar-refractivity contribution in [1.82, 2.24) is 0 Å². The van der Waals surface area contributed by atoms with Crippen LogP contribution in [0.3, 0.4) is 0 Å². The summed E-state index contributed by atoms with van der Waals surface area (Å²) in [5, 5.41) is 11.2. The van der Waals surface area contributed by atoms with Crippen molar-refractivity contribution in [3.63, 3.8) is 0 Å². The Balaban J connectivity index is 2.33. The molecule has 2 nitrogen and oxygen atoms in total. The number of hydrogen-bond donors (Lipinski definition) is 1. The summed E-state index contributed by atoms with van der Waals surface area (Å²) in [6.07, 6.45) is 0. The molecule has 2 N–H and O–H groups in total. The number of nitrogen functional groups attached to an aromatic ring is 1. The van der Waals surface area contributed by atoms with Crippen molar-refractivity contribution in [3.8, 4) is 27.0 Å². The number of nitrogens with zero attached hydrogens (tertiary/aromatic N) is 1. The predicted molar refractivity (Wildman–Crippen MR) is 89.9 cm³/mol. The van der Waals surface area contributed by atoms with Crippen LogP contribution >= 0.6 is 38.6 Å². The highest BCUT2D eigenvalue weighted by molar-refractivity contribution is 9.10. The quantitative estimate of drug-likeness (QED) is 0.639. The molecule has 21 heavy (non-hydrogen) atoms. The van der Waals surface area contributed by atoms with E-state index in [1.54, 1.807) is 17.4 Å². The monoisotopic (exact) mass is 378 g/mol. The molecule has 2 aromatic heterocycles. The van der Waals surface area contributed by atoms with Gasteiger partial charge in [0.15, 0.2) is 0 Å². The number of nitrogens with two attached hydrogens (primary N) is 1. The maximum Gasteiger partial charge on any atom is 0.129 e. The zero-order valence-electron chi connectivity index (χ0n) is 10.6. The number of halogens is 2. The number of benzene rings is 1. The number of thiophene rings is 2. The first-order valence-electron chi connectivity index (χ1n) is 5.93. The lowest BCUT2D eigenvalue weighted by Crippen LogP contribution is -1.88. The van der Waals surface area contributed by atoms with Crippen LogP contribution in [-0.2, 0) is 0 Å². The van der Waals surface area contributed by atoms with Crippen LogP contribution in [0.5, 0.6) is 0 Å². The summed E-state index contributed by atoms with van der Waals surface area (Å²) in [5.74, 6) is -0.323. The van der Waals surface area contributed by atoms with Crippen LogP contribution in [0.2, 0.25) is 0 Å². The van der Waals surface area contributed by atoms with E-state index < -0.39 is 0 Å². The van der Waals surface area contributed by atoms with Crippen molar-refractivity contribution in [1.29, 1.82) is 5.26 Å². The fourth-order valence-corrected chi connectivity index (χ4v) is 4.55. The van der Waals surface area contributed by atoms with Crippen molar-refractivity contribution < 1.29 is 4.39 Å². The van der Waals surface area contributed by atoms with Crippen LogP contribution in [0, 0.1) is 17.1 Å². The highest BCUT2D eigenvalue weighted by Gasteiger charge is 2.21. The van der Waals surface area contributed by atoms with E-state index in [1.807, 2.05) is 17.5 Å². The van der Waals surface area contributed by atoms with Crippen molar-refractivity contribution >= 4 is 44.3 Å². The first kappa shape index (κ1) is 14.3. The highest BCUT2D eigenvalue weighted by Crippen LogP contribution is 2.47. The molecular weight excluding hydrogens is 371 g/mol. The third-order valence-electron chi connectivity index (χ3n) is 2.99. The molecule has 0 saturated carbocycles. The molecule has 0 spiro atoms. The lowest BCUT2D eigenvalue weighted by Gasteiger charge is -2.06. The summed E-state index contributed by atoms with van der Waals surface area (Å²) in [6.45, 7) is 0. The van der Waals surface area contributed by atoms with E-state index in [9.17, 15) is 9.65 Å². The van der Waals surface area contributed by atoms with E-state index >= 15 is 0 Å². The average Bonchev–Trinajstić information content (AvgIpc) is 3.08. The summed E-state index contributed by atoms with van der Waals surface area (Å²) in [6, 6.07) is 10.5. The molecule has 0 saturated heterocycles. The number of rotatable bonds is 2. The molecule has 0 bridgehead atoms. The van der Waals surface area contributed by atoms with E-state index in [4.69, 9.17) is 5.73 Å². The summed E-state index contributed by atoms with van der Waals surface area (Å²) in [4.78, 5) is 2.22. The van der Waals surface area contributed by atoms with Crippen molar-refractivity contribution in [2.45, 2.75) is 0 Å². The summed E-state index contributed by atoms with van der Waals surface area (Å²) in [5.41, 5.74) is 8.08. The van der Waals surface area contributed by atoms with Crippen LogP contribution in [0.15, 0.2) is 40.2 Å². The Hall–Kier alpha value is -1.68. The molecule has 3 aromatic rings. The van der Waals surface area contributed by atoms with Gasteiger partial charge in [-0.05, 0) is 29.6 Å². The van der Waals surface area contributed by atoms with Crippen LogP contribution < -0.4 is 5.73 Å². The van der Waals surface area contributed by atoms with E-state index in [0.717, 1.165) is 19.8 Å². The molecule has 0 aliphatic rings. The van der Waals surface area contributed by atoms with Gasteiger partial charge < -0.3 is 5.73 Å². The highest BCUT2D eigenvalue weighted by atomic mass is 79.9. The fourth-order valence-electron chi connectivity index (χ4n) is 2.05. The van der Waals surface area contributed by atoms with Crippen LogP contribution in [0.25, 0.3) is 20.9 Å². The molecule has 0 aliphatic carbocycles. The predicted octanol–water partition coefficient (Wildman–Crippen LogP) is 5.50. The van der Waals surface area contributed by atoms with Gasteiger partial charge in [0.1, 0.15) is 16.8 Å². The molecule has 104 valence electrons. The Labute approximate surface area is 137 Å². The second kappa shape index (κ2) is 5.60. The van der Waals surface area contributed by atoms with Gasteiger partial charge in [-0.3, -0.25) is 0 Å². The molecule has 0 radical (unpaired) electrons. The van der Waals surface area contributed by atoms with E-state index in [-0.39, 0.29) is 5.82 Å². The van der Waals surface area contributed by atoms with Gasteiger partial charge >= 0.3 is 0 Å². The van der Waals surface area contributed by atoms with Crippen LogP contribution in [0.4, 0.5) is 10.1 Å². The molecule has 1 aromatic carbocycles. The maximum atomic E-state index is 13.6. The average molecular weight is 379 g/mol. The molecule has 2 heterocycles. The van der Waals surface area contributed by atoms with E-state index in [1.165, 1.54) is 23.5 Å². The third kappa shape index (κ3) is 2.48. The zero-order valence-corrected chi connectivity index (χ0v) is 13.8. The minimum Gasteiger partial charge on any atom is -0.396 e. The second-order valence-corrected chi connectivity index (χ2v) is 7.08. The maximum absolute atomic E-state index is 13.6. The lowest BCUT2D eigenvalue weighted by molar-refractivity contribution is 0.628. The standard InChI is InChI=1S/C15H8BrFN2S2/c16-10-4-3-8(17)6-9(10)15-13(11-2-1-5-20-11)14(19)12(7-18)21-15/h1-6H,19H2. The minimum absolute atomic E-state index is 0.323. The summed E-state index contributed by atoms with van der Waals surface area (Å²) >= 11 is 6.27. The molecular formula is C15H8BrFN2S2. The topological polar surface area (TPSA) is 49.8 Å². The Bertz CT molecular complexity index is 847. The van der Waals surface area contributed by atoms with Gasteiger partial charge in [-0.25, -0.2) is 4.39 Å². The van der Waals surface area contributed by atoms with Gasteiger partial charge in [-0.1, -0.05) is 22.0 Å². The number of hydrogen-bond acceptors (Lipinski definition) is 4. The normalized spacial score (nSPS) is 10.5. The van der Waals surface area contributed by atoms with Gasteiger partial charge in [0, 0.05) is 25.4 Å². The molecule has 0 atom stereocenters. The van der Waals surface area contributed by atoms with Crippen molar-refractivity contribution in [2.24, 2.45) is 0 Å². The minimum atomic E-state index is -0.323. The Morgan fingerprint density at radius 2 is 2.10 bits per heavy atom. The van der Waals surface area contributed by atoms with Crippen molar-refractivity contribution in [3.05, 3.63) is 50.9 Å². The summed E-state index contributed by atoms with van der Waals surface area (Å²) in [7, 11) is 0. The van der Waals surface area contributed by atoms with Crippen LogP contribution in [0.1, 0.15) is 4.88 Å². The molecule has 0 unspecified atom stereocenters. The Morgan fingerprint density at radius 3 is 2.76 bits per heavy atom. The number of anilines is 1. The Kier molecular flexibility index (Phi) is 3.81. The summed E-state index contributed by atoms with van der Waals surface area (Å²) < 4.78 is 14.4. The molecule has 0 amide bonds. The lowest BCUT2D eigenvalue weighted by atomic mass is 10.1. The van der Waals surface area contributed by atoms with Gasteiger partial charge in [-0.2, -0.15) is 5.26 Å². The molecule has 3 rings (SSSR count). The zero-order chi connectivity index (χ0) is 15.0. The molecule has 0 fully saturated rings. The van der Waals surface area contributed by atoms with Gasteiger partial charge in [0.2, 0.25) is 0 Å². The Morgan fingerprint density at radius 1 is 1.29 bits per heavy atom. The third-order valence-corrected chi connectivity index (χ3v) is 5.71. The first-order valence-corrected chi connectivity index (χ1v) is 8.42. The number of nitriles is 1. The van der Waals surface area contributed by atoms with Gasteiger partial charge in [-0.15, -0.1) is 22.7 Å². The molecule has 6 heteroatoms. The smallest absolute Gasteiger partial charge is 0.129 e. The van der Waals surface area contributed by atoms with E-state index in [0.29, 0.717) is 16.1 Å². The SMILES string of the molecule is N#Cc1sc(-c2cc(F)ccc2Br)c(-c2cccs2)c1N. The van der Waals surface area contributed by atoms with Crippen molar-refractivity contribution in [2.75, 3.05) is 5.73 Å². The van der Waals surface area contributed by atoms with E-state index in [2.05, 4.69) is 22.0 Å². The second-order valence-electron chi connectivity index (χ2n) is 4.26.